The van der Waals surface area contributed by atoms with Gasteiger partial charge in [0.1, 0.15) is 0 Å². The third-order valence-electron chi connectivity index (χ3n) is 4.50. The van der Waals surface area contributed by atoms with Crippen LogP contribution < -0.4 is 10.7 Å². The van der Waals surface area contributed by atoms with E-state index in [2.05, 4.69) is 67.6 Å². The average Bonchev–Trinajstić information content (AvgIpc) is 3.15. The minimum absolute atomic E-state index is 0.214. The summed E-state index contributed by atoms with van der Waals surface area (Å²) in [4.78, 5) is 12.5. The Morgan fingerprint density at radius 1 is 1.28 bits per heavy atom. The van der Waals surface area contributed by atoms with Crippen LogP contribution in [0.1, 0.15) is 23.9 Å². The fourth-order valence-electron chi connectivity index (χ4n) is 2.76. The SMILES string of the molecule is C=CCn1c(CNc2ccc(C)cc2)nnc1S[C@H](C)C(=O)NN=Cc1cccc(Br)c1. The first-order valence-electron chi connectivity index (χ1n) is 10.0. The highest BCUT2D eigenvalue weighted by atomic mass is 79.9. The Morgan fingerprint density at radius 3 is 2.78 bits per heavy atom. The average molecular weight is 513 g/mol. The molecule has 0 aliphatic rings. The van der Waals surface area contributed by atoms with E-state index in [4.69, 9.17) is 0 Å². The van der Waals surface area contributed by atoms with Gasteiger partial charge in [-0.2, -0.15) is 5.10 Å². The number of aryl methyl sites for hydroxylation is 1. The second kappa shape index (κ2) is 11.6. The summed E-state index contributed by atoms with van der Waals surface area (Å²) in [6, 6.07) is 15.8. The highest BCUT2D eigenvalue weighted by molar-refractivity contribution is 9.10. The number of allylic oxidation sites excluding steroid dienone is 1. The van der Waals surface area contributed by atoms with E-state index >= 15 is 0 Å². The van der Waals surface area contributed by atoms with Crippen LogP contribution in [0.4, 0.5) is 5.69 Å². The van der Waals surface area contributed by atoms with E-state index < -0.39 is 5.25 Å². The number of carbonyl (C=O) groups excluding carboxylic acids is 1. The molecule has 0 aliphatic carbocycles. The third-order valence-corrected chi connectivity index (χ3v) is 6.07. The fourth-order valence-corrected chi connectivity index (χ4v) is 4.05. The normalized spacial score (nSPS) is 12.0. The van der Waals surface area contributed by atoms with E-state index in [1.807, 2.05) is 47.9 Å². The lowest BCUT2D eigenvalue weighted by Gasteiger charge is -2.12. The lowest BCUT2D eigenvalue weighted by Crippen LogP contribution is -2.27. The van der Waals surface area contributed by atoms with Gasteiger partial charge in [0, 0.05) is 16.7 Å². The van der Waals surface area contributed by atoms with Gasteiger partial charge in [-0.3, -0.25) is 4.79 Å². The van der Waals surface area contributed by atoms with Crippen LogP contribution in [0.25, 0.3) is 0 Å². The summed E-state index contributed by atoms with van der Waals surface area (Å²) in [6.07, 6.45) is 3.39. The molecule has 9 heteroatoms. The van der Waals surface area contributed by atoms with E-state index in [0.717, 1.165) is 21.5 Å². The molecule has 1 atom stereocenters. The van der Waals surface area contributed by atoms with Crippen molar-refractivity contribution in [3.63, 3.8) is 0 Å². The molecule has 0 saturated carbocycles. The van der Waals surface area contributed by atoms with Crippen molar-refractivity contribution in [2.45, 2.75) is 37.3 Å². The van der Waals surface area contributed by atoms with Crippen LogP contribution in [0, 0.1) is 6.92 Å². The molecule has 0 bridgehead atoms. The van der Waals surface area contributed by atoms with Crippen LogP contribution in [0.15, 0.2) is 75.9 Å². The number of halogens is 1. The largest absolute Gasteiger partial charge is 0.378 e. The Kier molecular flexibility index (Phi) is 8.64. The molecule has 0 unspecified atom stereocenters. The van der Waals surface area contributed by atoms with Gasteiger partial charge < -0.3 is 9.88 Å². The van der Waals surface area contributed by atoms with Gasteiger partial charge in [-0.25, -0.2) is 5.43 Å². The highest BCUT2D eigenvalue weighted by Gasteiger charge is 2.19. The Morgan fingerprint density at radius 2 is 2.06 bits per heavy atom. The van der Waals surface area contributed by atoms with Crippen molar-refractivity contribution in [2.75, 3.05) is 5.32 Å². The van der Waals surface area contributed by atoms with Crippen molar-refractivity contribution in [2.24, 2.45) is 5.10 Å². The zero-order valence-electron chi connectivity index (χ0n) is 18.0. The van der Waals surface area contributed by atoms with Crippen molar-refractivity contribution in [1.82, 2.24) is 20.2 Å². The van der Waals surface area contributed by atoms with Gasteiger partial charge in [0.15, 0.2) is 11.0 Å². The molecular weight excluding hydrogens is 488 g/mol. The van der Waals surface area contributed by atoms with Crippen LogP contribution in [-0.4, -0.2) is 32.1 Å². The molecule has 0 aliphatic heterocycles. The Balaban J connectivity index is 1.60. The molecule has 0 radical (unpaired) electrons. The Bertz CT molecular complexity index is 1100. The zero-order valence-corrected chi connectivity index (χ0v) is 20.4. The molecule has 1 aromatic heterocycles. The van der Waals surface area contributed by atoms with Gasteiger partial charge in [-0.05, 0) is 43.7 Å². The number of rotatable bonds is 10. The summed E-state index contributed by atoms with van der Waals surface area (Å²) in [5.74, 6) is 0.557. The van der Waals surface area contributed by atoms with Gasteiger partial charge in [0.2, 0.25) is 0 Å². The highest BCUT2D eigenvalue weighted by Crippen LogP contribution is 2.23. The molecule has 32 heavy (non-hydrogen) atoms. The maximum atomic E-state index is 12.5. The van der Waals surface area contributed by atoms with Crippen LogP contribution in [0.5, 0.6) is 0 Å². The molecule has 2 aromatic carbocycles. The third kappa shape index (κ3) is 6.80. The molecule has 0 spiro atoms. The van der Waals surface area contributed by atoms with Crippen LogP contribution in [0.3, 0.4) is 0 Å². The minimum atomic E-state index is -0.402. The second-order valence-electron chi connectivity index (χ2n) is 7.07. The Hall–Kier alpha value is -2.91. The predicted molar refractivity (Wildman–Crippen MR) is 134 cm³/mol. The molecule has 2 N–H and O–H groups in total. The van der Waals surface area contributed by atoms with Gasteiger partial charge in [0.05, 0.1) is 18.0 Å². The van der Waals surface area contributed by atoms with Crippen molar-refractivity contribution in [3.05, 3.63) is 82.6 Å². The monoisotopic (exact) mass is 512 g/mol. The van der Waals surface area contributed by atoms with E-state index in [9.17, 15) is 4.79 Å². The molecule has 0 fully saturated rings. The standard InChI is InChI=1S/C23H25BrN6OS/c1-4-12-30-21(15-25-20-10-8-16(2)9-11-20)27-29-23(30)32-17(3)22(31)28-26-14-18-6-5-7-19(24)13-18/h4-11,13-14,17,25H,1,12,15H2,2-3H3,(H,28,31)/t17-/m1/s1. The number of aromatic nitrogens is 3. The number of nitrogens with zero attached hydrogens (tertiary/aromatic N) is 4. The fraction of sp³-hybridized carbons (Fsp3) is 0.217. The number of hydrogen-bond donors (Lipinski definition) is 2. The van der Waals surface area contributed by atoms with Crippen molar-refractivity contribution in [1.29, 1.82) is 0 Å². The summed E-state index contributed by atoms with van der Waals surface area (Å²) in [7, 11) is 0. The van der Waals surface area contributed by atoms with E-state index in [1.54, 1.807) is 12.3 Å². The molecule has 3 rings (SSSR count). The number of anilines is 1. The van der Waals surface area contributed by atoms with Crippen LogP contribution in [-0.2, 0) is 17.9 Å². The summed E-state index contributed by atoms with van der Waals surface area (Å²) in [6.45, 7) is 8.76. The number of hydrazone groups is 1. The predicted octanol–water partition coefficient (Wildman–Crippen LogP) is 4.78. The number of benzene rings is 2. The number of carbonyl (C=O) groups is 1. The molecule has 3 aromatic rings. The quantitative estimate of drug-likeness (QED) is 0.177. The summed E-state index contributed by atoms with van der Waals surface area (Å²) in [5.41, 5.74) is 5.68. The zero-order chi connectivity index (χ0) is 22.9. The topological polar surface area (TPSA) is 84.2 Å². The smallest absolute Gasteiger partial charge is 0.253 e. The van der Waals surface area contributed by atoms with Crippen LogP contribution >= 0.6 is 27.7 Å². The van der Waals surface area contributed by atoms with Crippen molar-refractivity contribution < 1.29 is 4.79 Å². The molecule has 0 saturated heterocycles. The Labute approximate surface area is 200 Å². The van der Waals surface area contributed by atoms with Crippen LogP contribution in [0.2, 0.25) is 0 Å². The second-order valence-corrected chi connectivity index (χ2v) is 9.29. The lowest BCUT2D eigenvalue weighted by molar-refractivity contribution is -0.120. The first kappa shape index (κ1) is 23.7. The molecular formula is C23H25BrN6OS. The first-order valence-corrected chi connectivity index (χ1v) is 11.7. The van der Waals surface area contributed by atoms with E-state index in [0.29, 0.717) is 18.2 Å². The van der Waals surface area contributed by atoms with Gasteiger partial charge in [-0.1, -0.05) is 63.6 Å². The van der Waals surface area contributed by atoms with Gasteiger partial charge in [-0.15, -0.1) is 16.8 Å². The first-order chi connectivity index (χ1) is 15.5. The van der Waals surface area contributed by atoms with Crippen molar-refractivity contribution >= 4 is 45.5 Å². The number of nitrogens with one attached hydrogen (secondary N) is 2. The lowest BCUT2D eigenvalue weighted by atomic mass is 10.2. The maximum Gasteiger partial charge on any atom is 0.253 e. The van der Waals surface area contributed by atoms with E-state index in [-0.39, 0.29) is 5.91 Å². The molecule has 1 amide bonds. The molecule has 1 heterocycles. The summed E-state index contributed by atoms with van der Waals surface area (Å²) >= 11 is 4.74. The van der Waals surface area contributed by atoms with Crippen molar-refractivity contribution in [3.8, 4) is 0 Å². The van der Waals surface area contributed by atoms with E-state index in [1.165, 1.54) is 17.3 Å². The summed E-state index contributed by atoms with van der Waals surface area (Å²) in [5, 5.41) is 16.3. The number of hydrogen-bond acceptors (Lipinski definition) is 6. The van der Waals surface area contributed by atoms with Gasteiger partial charge >= 0.3 is 0 Å². The van der Waals surface area contributed by atoms with Gasteiger partial charge in [0.25, 0.3) is 5.91 Å². The molecule has 7 nitrogen and oxygen atoms in total. The number of thioether (sulfide) groups is 1. The maximum absolute atomic E-state index is 12.5. The number of amides is 1. The minimum Gasteiger partial charge on any atom is -0.378 e. The molecule has 166 valence electrons. The summed E-state index contributed by atoms with van der Waals surface area (Å²) < 4.78 is 2.90.